The van der Waals surface area contributed by atoms with Gasteiger partial charge in [0.05, 0.1) is 5.56 Å². The number of aryl methyl sites for hydroxylation is 2. The summed E-state index contributed by atoms with van der Waals surface area (Å²) in [5, 5.41) is 9.88. The highest BCUT2D eigenvalue weighted by molar-refractivity contribution is 9.10. The molecule has 0 atom stereocenters. The second-order valence-electron chi connectivity index (χ2n) is 4.17. The second-order valence-corrected chi connectivity index (χ2v) is 6.12. The lowest BCUT2D eigenvalue weighted by Gasteiger charge is -2.05. The fraction of sp³-hybridized carbons (Fsp3) is 0.143. The fourth-order valence-corrected chi connectivity index (χ4v) is 3.40. The summed E-state index contributed by atoms with van der Waals surface area (Å²) < 4.78 is 0.578. The van der Waals surface area contributed by atoms with Gasteiger partial charge in [-0.15, -0.1) is 0 Å². The van der Waals surface area contributed by atoms with Gasteiger partial charge in [0.15, 0.2) is 0 Å². The van der Waals surface area contributed by atoms with Gasteiger partial charge in [-0.3, -0.25) is 0 Å². The van der Waals surface area contributed by atoms with E-state index in [2.05, 4.69) is 20.9 Å². The molecule has 19 heavy (non-hydrogen) atoms. The Bertz CT molecular complexity index is 623. The number of hydrogen-bond acceptors (Lipinski definition) is 3. The molecule has 0 bridgehead atoms. The predicted molar refractivity (Wildman–Crippen MR) is 78.9 cm³/mol. The van der Waals surface area contributed by atoms with E-state index in [0.717, 1.165) is 21.2 Å². The lowest BCUT2D eigenvalue weighted by atomic mass is 10.2. The van der Waals surface area contributed by atoms with E-state index in [-0.39, 0.29) is 5.56 Å². The molecule has 0 unspecified atom stereocenters. The molecule has 0 aliphatic heterocycles. The first kappa shape index (κ1) is 14.1. The topological polar surface area (TPSA) is 50.2 Å². The third-order valence-electron chi connectivity index (χ3n) is 2.47. The van der Waals surface area contributed by atoms with E-state index < -0.39 is 5.97 Å². The third-order valence-corrected chi connectivity index (χ3v) is 4.03. The monoisotopic (exact) mass is 337 g/mol. The van der Waals surface area contributed by atoms with Gasteiger partial charge in [0, 0.05) is 15.1 Å². The Labute approximate surface area is 124 Å². The van der Waals surface area contributed by atoms with Crippen LogP contribution in [0.5, 0.6) is 0 Å². The van der Waals surface area contributed by atoms with Crippen LogP contribution >= 0.6 is 27.7 Å². The Balaban J connectivity index is 2.28. The van der Waals surface area contributed by atoms with E-state index >= 15 is 0 Å². The van der Waals surface area contributed by atoms with E-state index in [1.807, 2.05) is 26.0 Å². The predicted octanol–water partition coefficient (Wildman–Crippen LogP) is 4.31. The summed E-state index contributed by atoms with van der Waals surface area (Å²) in [6.45, 7) is 3.99. The largest absolute Gasteiger partial charge is 0.478 e. The minimum atomic E-state index is -0.937. The van der Waals surface area contributed by atoms with Gasteiger partial charge in [-0.25, -0.2) is 9.78 Å². The maximum atomic E-state index is 10.9. The summed E-state index contributed by atoms with van der Waals surface area (Å²) in [6, 6.07) is 9.22. The highest BCUT2D eigenvalue weighted by Crippen LogP contribution is 2.30. The summed E-state index contributed by atoms with van der Waals surface area (Å²) in [5.74, 6) is -0.937. The van der Waals surface area contributed by atoms with E-state index in [1.54, 1.807) is 18.2 Å². The third kappa shape index (κ3) is 3.58. The standard InChI is InChI=1S/C14H12BrNO2S/c1-8-5-9(2)16-13(6-8)19-10-3-4-11(14(17)18)12(15)7-10/h3-7H,1-2H3,(H,17,18). The van der Waals surface area contributed by atoms with E-state index in [9.17, 15) is 4.79 Å². The van der Waals surface area contributed by atoms with Gasteiger partial charge in [0.2, 0.25) is 0 Å². The lowest BCUT2D eigenvalue weighted by molar-refractivity contribution is 0.0696. The Hall–Kier alpha value is -1.33. The summed E-state index contributed by atoms with van der Waals surface area (Å²) in [4.78, 5) is 16.3. The summed E-state index contributed by atoms with van der Waals surface area (Å²) >= 11 is 4.79. The number of aromatic carboxylic acids is 1. The summed E-state index contributed by atoms with van der Waals surface area (Å²) in [7, 11) is 0. The minimum Gasteiger partial charge on any atom is -0.478 e. The molecule has 2 rings (SSSR count). The van der Waals surface area contributed by atoms with Crippen LogP contribution < -0.4 is 0 Å². The molecule has 1 aromatic carbocycles. The number of nitrogens with zero attached hydrogens (tertiary/aromatic N) is 1. The van der Waals surface area contributed by atoms with Crippen molar-refractivity contribution in [2.24, 2.45) is 0 Å². The number of aromatic nitrogens is 1. The van der Waals surface area contributed by atoms with Crippen LogP contribution in [0, 0.1) is 13.8 Å². The Morgan fingerprint density at radius 2 is 2.00 bits per heavy atom. The van der Waals surface area contributed by atoms with Crippen LogP contribution in [-0.2, 0) is 0 Å². The van der Waals surface area contributed by atoms with Gasteiger partial charge in [-0.05, 0) is 65.7 Å². The zero-order valence-corrected chi connectivity index (χ0v) is 12.9. The van der Waals surface area contributed by atoms with Crippen LogP contribution in [0.3, 0.4) is 0 Å². The molecule has 0 saturated carbocycles. The van der Waals surface area contributed by atoms with Crippen molar-refractivity contribution in [3.05, 3.63) is 51.6 Å². The van der Waals surface area contributed by atoms with Crippen molar-refractivity contribution < 1.29 is 9.90 Å². The number of hydrogen-bond donors (Lipinski definition) is 1. The van der Waals surface area contributed by atoms with Crippen molar-refractivity contribution in [1.29, 1.82) is 0 Å². The minimum absolute atomic E-state index is 0.262. The van der Waals surface area contributed by atoms with Gasteiger partial charge in [-0.1, -0.05) is 11.8 Å². The zero-order chi connectivity index (χ0) is 14.0. The maximum absolute atomic E-state index is 10.9. The number of carboxylic acid groups (broad SMARTS) is 1. The molecule has 1 N–H and O–H groups in total. The van der Waals surface area contributed by atoms with Crippen LogP contribution in [0.1, 0.15) is 21.6 Å². The number of carboxylic acids is 1. The molecule has 98 valence electrons. The Morgan fingerprint density at radius 1 is 1.26 bits per heavy atom. The van der Waals surface area contributed by atoms with Gasteiger partial charge in [0.1, 0.15) is 5.03 Å². The molecule has 1 aromatic heterocycles. The molecule has 1 heterocycles. The summed E-state index contributed by atoms with van der Waals surface area (Å²) in [6.07, 6.45) is 0. The highest BCUT2D eigenvalue weighted by Gasteiger charge is 2.09. The highest BCUT2D eigenvalue weighted by atomic mass is 79.9. The number of benzene rings is 1. The smallest absolute Gasteiger partial charge is 0.336 e. The van der Waals surface area contributed by atoms with Crippen molar-refractivity contribution in [1.82, 2.24) is 4.98 Å². The summed E-state index contributed by atoms with van der Waals surface area (Å²) in [5.41, 5.74) is 2.40. The molecule has 0 fully saturated rings. The number of carbonyl (C=O) groups is 1. The normalized spacial score (nSPS) is 10.5. The van der Waals surface area contributed by atoms with Gasteiger partial charge >= 0.3 is 5.97 Å². The maximum Gasteiger partial charge on any atom is 0.336 e. The van der Waals surface area contributed by atoms with Gasteiger partial charge in [0.25, 0.3) is 0 Å². The van der Waals surface area contributed by atoms with Crippen molar-refractivity contribution in [3.8, 4) is 0 Å². The van der Waals surface area contributed by atoms with Crippen molar-refractivity contribution >= 4 is 33.7 Å². The molecule has 0 aliphatic rings. The molecule has 0 radical (unpaired) electrons. The van der Waals surface area contributed by atoms with E-state index in [4.69, 9.17) is 5.11 Å². The molecule has 0 saturated heterocycles. The van der Waals surface area contributed by atoms with Crippen LogP contribution in [0.2, 0.25) is 0 Å². The number of halogens is 1. The van der Waals surface area contributed by atoms with Crippen LogP contribution in [0.4, 0.5) is 0 Å². The Morgan fingerprint density at radius 3 is 2.58 bits per heavy atom. The van der Waals surface area contributed by atoms with Gasteiger partial charge in [-0.2, -0.15) is 0 Å². The van der Waals surface area contributed by atoms with Crippen molar-refractivity contribution in [2.45, 2.75) is 23.8 Å². The van der Waals surface area contributed by atoms with E-state index in [1.165, 1.54) is 11.8 Å². The molecular weight excluding hydrogens is 326 g/mol. The van der Waals surface area contributed by atoms with E-state index in [0.29, 0.717) is 4.47 Å². The average molecular weight is 338 g/mol. The first-order chi connectivity index (χ1) is 8.95. The van der Waals surface area contributed by atoms with Crippen molar-refractivity contribution in [2.75, 3.05) is 0 Å². The lowest BCUT2D eigenvalue weighted by Crippen LogP contribution is -1.97. The molecule has 0 aliphatic carbocycles. The zero-order valence-electron chi connectivity index (χ0n) is 10.5. The number of rotatable bonds is 3. The van der Waals surface area contributed by atoms with Crippen LogP contribution in [0.25, 0.3) is 0 Å². The van der Waals surface area contributed by atoms with Gasteiger partial charge < -0.3 is 5.11 Å². The molecule has 0 spiro atoms. The molecule has 3 nitrogen and oxygen atoms in total. The quantitative estimate of drug-likeness (QED) is 0.906. The van der Waals surface area contributed by atoms with Crippen LogP contribution in [-0.4, -0.2) is 16.1 Å². The molecule has 2 aromatic rings. The first-order valence-corrected chi connectivity index (χ1v) is 7.22. The molecule has 5 heteroatoms. The first-order valence-electron chi connectivity index (χ1n) is 5.61. The number of pyridine rings is 1. The second kappa shape index (κ2) is 5.75. The molecular formula is C14H12BrNO2S. The fourth-order valence-electron chi connectivity index (χ4n) is 1.71. The average Bonchev–Trinajstić information content (AvgIpc) is 2.26. The Kier molecular flexibility index (Phi) is 4.27. The van der Waals surface area contributed by atoms with Crippen LogP contribution in [0.15, 0.2) is 44.7 Å². The molecule has 0 amide bonds. The SMILES string of the molecule is Cc1cc(C)nc(Sc2ccc(C(=O)O)c(Br)c2)c1. The van der Waals surface area contributed by atoms with Crippen molar-refractivity contribution in [3.63, 3.8) is 0 Å².